The summed E-state index contributed by atoms with van der Waals surface area (Å²) >= 11 is 0. The second-order valence-corrected chi connectivity index (χ2v) is 6.07. The van der Waals surface area contributed by atoms with Gasteiger partial charge in [0.2, 0.25) is 5.91 Å². The van der Waals surface area contributed by atoms with Crippen LogP contribution in [0.4, 0.5) is 0 Å². The van der Waals surface area contributed by atoms with Gasteiger partial charge in [0.05, 0.1) is 6.10 Å². The van der Waals surface area contributed by atoms with Gasteiger partial charge in [0.15, 0.2) is 0 Å². The number of carbonyl (C=O) groups is 2. The lowest BCUT2D eigenvalue weighted by molar-refractivity contribution is -0.195. The Kier molecular flexibility index (Phi) is 4.07. The maximum Gasteiger partial charge on any atom is 0.330 e. The van der Waals surface area contributed by atoms with Crippen molar-refractivity contribution in [1.29, 1.82) is 0 Å². The fourth-order valence-corrected chi connectivity index (χ4v) is 3.11. The Bertz CT molecular complexity index is 402. The average Bonchev–Trinajstić information content (AvgIpc) is 2.90. The van der Waals surface area contributed by atoms with E-state index in [0.29, 0.717) is 26.1 Å². The maximum absolute atomic E-state index is 12.2. The Hall–Kier alpha value is -1.14. The first-order valence-corrected chi connectivity index (χ1v) is 7.14. The molecule has 0 aromatic heterocycles. The number of carboxylic acids is 1. The number of carboxylic acid groups (broad SMARTS) is 1. The molecular formula is C14H23NO5. The van der Waals surface area contributed by atoms with Gasteiger partial charge in [0.25, 0.3) is 0 Å². The van der Waals surface area contributed by atoms with Gasteiger partial charge in [-0.1, -0.05) is 13.8 Å². The smallest absolute Gasteiger partial charge is 0.330 e. The van der Waals surface area contributed by atoms with Gasteiger partial charge in [0.1, 0.15) is 11.6 Å². The van der Waals surface area contributed by atoms with E-state index in [1.54, 1.807) is 0 Å². The van der Waals surface area contributed by atoms with E-state index in [0.717, 1.165) is 6.42 Å². The minimum Gasteiger partial charge on any atom is -0.479 e. The van der Waals surface area contributed by atoms with E-state index in [9.17, 15) is 14.7 Å². The lowest BCUT2D eigenvalue weighted by Crippen LogP contribution is -2.76. The molecule has 0 unspecified atom stereocenters. The largest absolute Gasteiger partial charge is 0.479 e. The van der Waals surface area contributed by atoms with Gasteiger partial charge >= 0.3 is 5.97 Å². The standard InChI is InChI=1S/C14H23NO5/c1-4-19-10-8-14(12(17)18,13(10,2)3)15-11(16)9-6-5-7-20-9/h9-10H,4-8H2,1-3H3,(H,15,16)(H,17,18)/t9-,10-,14+/m0/s1. The Morgan fingerprint density at radius 3 is 2.60 bits per heavy atom. The number of hydrogen-bond donors (Lipinski definition) is 2. The maximum atomic E-state index is 12.2. The molecule has 0 aromatic rings. The van der Waals surface area contributed by atoms with E-state index in [1.807, 2.05) is 20.8 Å². The molecule has 1 heterocycles. The second-order valence-electron chi connectivity index (χ2n) is 6.07. The zero-order valence-corrected chi connectivity index (χ0v) is 12.3. The third-order valence-electron chi connectivity index (χ3n) is 4.69. The van der Waals surface area contributed by atoms with Gasteiger partial charge in [-0.05, 0) is 19.8 Å². The molecule has 2 aliphatic rings. The number of hydrogen-bond acceptors (Lipinski definition) is 4. The van der Waals surface area contributed by atoms with E-state index in [1.165, 1.54) is 0 Å². The van der Waals surface area contributed by atoms with Crippen LogP contribution in [0.2, 0.25) is 0 Å². The average molecular weight is 285 g/mol. The summed E-state index contributed by atoms with van der Waals surface area (Å²) in [5.74, 6) is -1.34. The molecule has 20 heavy (non-hydrogen) atoms. The highest BCUT2D eigenvalue weighted by atomic mass is 16.5. The summed E-state index contributed by atoms with van der Waals surface area (Å²) in [5, 5.41) is 12.3. The van der Waals surface area contributed by atoms with Gasteiger partial charge in [-0.2, -0.15) is 0 Å². The lowest BCUT2D eigenvalue weighted by atomic mass is 9.54. The van der Waals surface area contributed by atoms with Crippen molar-refractivity contribution >= 4 is 11.9 Å². The number of aliphatic carboxylic acids is 1. The van der Waals surface area contributed by atoms with Crippen molar-refractivity contribution < 1.29 is 24.2 Å². The number of rotatable bonds is 5. The van der Waals surface area contributed by atoms with Crippen molar-refractivity contribution in [2.45, 2.75) is 57.8 Å². The third-order valence-corrected chi connectivity index (χ3v) is 4.69. The van der Waals surface area contributed by atoms with Crippen LogP contribution in [0.1, 0.15) is 40.0 Å². The molecule has 1 amide bonds. The van der Waals surface area contributed by atoms with Gasteiger partial charge in [-0.15, -0.1) is 0 Å². The molecule has 1 aliphatic carbocycles. The summed E-state index contributed by atoms with van der Waals surface area (Å²) in [6, 6.07) is 0. The SMILES string of the molecule is CCO[C@H]1C[C@@](NC(=O)[C@@H]2CCCO2)(C(=O)O)C1(C)C. The topological polar surface area (TPSA) is 84.9 Å². The summed E-state index contributed by atoms with van der Waals surface area (Å²) in [7, 11) is 0. The minimum absolute atomic E-state index is 0.159. The number of nitrogens with one attached hydrogen (secondary N) is 1. The summed E-state index contributed by atoms with van der Waals surface area (Å²) < 4.78 is 10.9. The van der Waals surface area contributed by atoms with Gasteiger partial charge < -0.3 is 19.9 Å². The molecule has 3 atom stereocenters. The Balaban J connectivity index is 2.12. The van der Waals surface area contributed by atoms with Crippen LogP contribution in [0.3, 0.4) is 0 Å². The van der Waals surface area contributed by atoms with Gasteiger partial charge in [-0.25, -0.2) is 4.79 Å². The van der Waals surface area contributed by atoms with Crippen LogP contribution in [-0.4, -0.2) is 47.9 Å². The Morgan fingerprint density at radius 2 is 2.15 bits per heavy atom. The first kappa shape index (κ1) is 15.3. The summed E-state index contributed by atoms with van der Waals surface area (Å²) in [6.45, 7) is 6.61. The van der Waals surface area contributed by atoms with Crippen LogP contribution >= 0.6 is 0 Å². The molecule has 0 spiro atoms. The highest BCUT2D eigenvalue weighted by Crippen LogP contribution is 2.51. The molecule has 0 radical (unpaired) electrons. The van der Waals surface area contributed by atoms with Crippen LogP contribution in [0, 0.1) is 5.41 Å². The fourth-order valence-electron chi connectivity index (χ4n) is 3.11. The highest BCUT2D eigenvalue weighted by molar-refractivity contribution is 5.91. The van der Waals surface area contributed by atoms with E-state index >= 15 is 0 Å². The van der Waals surface area contributed by atoms with Gasteiger partial charge in [0, 0.05) is 25.0 Å². The van der Waals surface area contributed by atoms with Crippen molar-refractivity contribution in [2.75, 3.05) is 13.2 Å². The highest BCUT2D eigenvalue weighted by Gasteiger charge is 2.66. The van der Waals surface area contributed by atoms with Crippen molar-refractivity contribution in [3.63, 3.8) is 0 Å². The van der Waals surface area contributed by atoms with Crippen molar-refractivity contribution in [3.05, 3.63) is 0 Å². The van der Waals surface area contributed by atoms with Crippen molar-refractivity contribution in [3.8, 4) is 0 Å². The molecule has 114 valence electrons. The van der Waals surface area contributed by atoms with Crippen LogP contribution in [0.15, 0.2) is 0 Å². The molecular weight excluding hydrogens is 262 g/mol. The summed E-state index contributed by atoms with van der Waals surface area (Å²) in [5.41, 5.74) is -1.92. The minimum atomic E-state index is -1.27. The zero-order valence-electron chi connectivity index (χ0n) is 12.3. The van der Waals surface area contributed by atoms with Gasteiger partial charge in [-0.3, -0.25) is 4.79 Å². The van der Waals surface area contributed by atoms with E-state index in [2.05, 4.69) is 5.32 Å². The molecule has 0 aromatic carbocycles. The lowest BCUT2D eigenvalue weighted by Gasteiger charge is -2.58. The zero-order chi connectivity index (χ0) is 15.0. The Morgan fingerprint density at radius 1 is 1.45 bits per heavy atom. The third kappa shape index (κ3) is 2.20. The summed E-state index contributed by atoms with van der Waals surface area (Å²) in [6.07, 6.45) is 1.10. The molecule has 6 heteroatoms. The first-order valence-electron chi connectivity index (χ1n) is 7.14. The van der Waals surface area contributed by atoms with Crippen molar-refractivity contribution in [2.24, 2.45) is 5.41 Å². The second kappa shape index (κ2) is 5.33. The predicted octanol–water partition coefficient (Wildman–Crippen LogP) is 0.940. The number of carbonyl (C=O) groups excluding carboxylic acids is 1. The van der Waals surface area contributed by atoms with Crippen LogP contribution in [-0.2, 0) is 19.1 Å². The predicted molar refractivity (Wildman–Crippen MR) is 71.3 cm³/mol. The number of amides is 1. The Labute approximate surface area is 118 Å². The van der Waals surface area contributed by atoms with Crippen molar-refractivity contribution in [1.82, 2.24) is 5.32 Å². The normalized spacial score (nSPS) is 35.4. The van der Waals surface area contributed by atoms with Crippen LogP contribution in [0.25, 0.3) is 0 Å². The molecule has 2 N–H and O–H groups in total. The molecule has 1 saturated carbocycles. The molecule has 1 aliphatic heterocycles. The first-order chi connectivity index (χ1) is 9.35. The molecule has 6 nitrogen and oxygen atoms in total. The van der Waals surface area contributed by atoms with E-state index < -0.39 is 23.0 Å². The van der Waals surface area contributed by atoms with E-state index in [-0.39, 0.29) is 12.0 Å². The fraction of sp³-hybridized carbons (Fsp3) is 0.857. The number of ether oxygens (including phenoxy) is 2. The quantitative estimate of drug-likeness (QED) is 0.785. The molecule has 2 rings (SSSR count). The monoisotopic (exact) mass is 285 g/mol. The summed E-state index contributed by atoms with van der Waals surface area (Å²) in [4.78, 5) is 23.9. The molecule has 1 saturated heterocycles. The van der Waals surface area contributed by atoms with E-state index in [4.69, 9.17) is 9.47 Å². The van der Waals surface area contributed by atoms with Crippen LogP contribution < -0.4 is 5.32 Å². The molecule has 0 bridgehead atoms. The van der Waals surface area contributed by atoms with Crippen LogP contribution in [0.5, 0.6) is 0 Å². The molecule has 2 fully saturated rings.